The number of carbonyl (C=O) groups is 1. The summed E-state index contributed by atoms with van der Waals surface area (Å²) in [5.74, 6) is -1.20. The average Bonchev–Trinajstić information content (AvgIpc) is 2.87. The molecular formula is C13H13FN3O3S+. The fourth-order valence-corrected chi connectivity index (χ4v) is 2.90. The van der Waals surface area contributed by atoms with Crippen LogP contribution in [0.2, 0.25) is 0 Å². The molecule has 1 heterocycles. The van der Waals surface area contributed by atoms with Gasteiger partial charge in [0.15, 0.2) is 5.38 Å². The number of hydrogen-bond donors (Lipinski definition) is 1. The number of nitrogens with zero attached hydrogens (tertiary/aromatic N) is 2. The van der Waals surface area contributed by atoms with Crippen LogP contribution in [0.3, 0.4) is 0 Å². The van der Waals surface area contributed by atoms with Crippen LogP contribution in [0.15, 0.2) is 29.8 Å². The van der Waals surface area contributed by atoms with Crippen LogP contribution in [0.25, 0.3) is 0 Å². The topological polar surface area (TPSA) is 85.1 Å². The number of halogens is 1. The molecule has 0 spiro atoms. The zero-order valence-corrected chi connectivity index (χ0v) is 12.2. The Morgan fingerprint density at radius 2 is 2.19 bits per heavy atom. The van der Waals surface area contributed by atoms with Crippen molar-refractivity contribution in [3.05, 3.63) is 56.8 Å². The van der Waals surface area contributed by atoms with Crippen LogP contribution >= 0.6 is 10.9 Å². The van der Waals surface area contributed by atoms with Crippen molar-refractivity contribution < 1.29 is 14.1 Å². The number of carbonyl (C=O) groups excluding carboxylic acids is 1. The Hall–Kier alpha value is -2.35. The summed E-state index contributed by atoms with van der Waals surface area (Å²) in [7, 11) is -0.787. The Balaban J connectivity index is 2.20. The first-order chi connectivity index (χ1) is 9.88. The molecule has 0 radical (unpaired) electrons. The minimum atomic E-state index is -0.972. The van der Waals surface area contributed by atoms with E-state index in [9.17, 15) is 19.3 Å². The third kappa shape index (κ3) is 3.40. The van der Waals surface area contributed by atoms with E-state index in [-0.39, 0.29) is 5.56 Å². The van der Waals surface area contributed by atoms with Gasteiger partial charge in [0.1, 0.15) is 0 Å². The maximum atomic E-state index is 13.2. The highest BCUT2D eigenvalue weighted by Gasteiger charge is 2.21. The molecule has 21 heavy (non-hydrogen) atoms. The second kappa shape index (κ2) is 5.96. The maximum Gasteiger partial charge on any atom is 0.305 e. The van der Waals surface area contributed by atoms with Gasteiger partial charge in [0, 0.05) is 11.6 Å². The number of hydrogen-bond acceptors (Lipinski definition) is 4. The minimum absolute atomic E-state index is 0.0252. The molecule has 0 bridgehead atoms. The van der Waals surface area contributed by atoms with Crippen molar-refractivity contribution in [2.24, 2.45) is 0 Å². The summed E-state index contributed by atoms with van der Waals surface area (Å²) in [5.41, 5.74) is 0.320. The van der Waals surface area contributed by atoms with Gasteiger partial charge in [0.2, 0.25) is 16.7 Å². The molecule has 8 heteroatoms. The summed E-state index contributed by atoms with van der Waals surface area (Å²) in [6.45, 7) is 4.02. The molecule has 0 fully saturated rings. The van der Waals surface area contributed by atoms with Crippen LogP contribution in [-0.2, 0) is 0 Å². The highest BCUT2D eigenvalue weighted by molar-refractivity contribution is 7.28. The lowest BCUT2D eigenvalue weighted by Gasteiger charge is -1.98. The third-order valence-electron chi connectivity index (χ3n) is 2.83. The van der Waals surface area contributed by atoms with Crippen molar-refractivity contribution in [1.29, 1.82) is 0 Å². The van der Waals surface area contributed by atoms with Crippen molar-refractivity contribution in [3.63, 3.8) is 0 Å². The SMILES string of the molecule is CC(C)c1cn[s+](NC(=O)c2ccc(F)c([N+](=O)[O-])c2)c1. The van der Waals surface area contributed by atoms with Crippen LogP contribution < -0.4 is 4.72 Å². The van der Waals surface area contributed by atoms with E-state index in [0.717, 1.165) is 17.7 Å². The van der Waals surface area contributed by atoms with Gasteiger partial charge >= 0.3 is 5.69 Å². The monoisotopic (exact) mass is 310 g/mol. The lowest BCUT2D eigenvalue weighted by Crippen LogP contribution is -2.11. The molecule has 1 aromatic heterocycles. The Morgan fingerprint density at radius 3 is 2.76 bits per heavy atom. The fourth-order valence-electron chi connectivity index (χ4n) is 1.60. The Bertz CT molecular complexity index is 700. The predicted molar refractivity (Wildman–Crippen MR) is 77.6 cm³/mol. The zero-order chi connectivity index (χ0) is 15.6. The van der Waals surface area contributed by atoms with E-state index in [1.807, 2.05) is 19.2 Å². The molecule has 0 aliphatic heterocycles. The van der Waals surface area contributed by atoms with Gasteiger partial charge in [-0.15, -0.1) is 4.72 Å². The van der Waals surface area contributed by atoms with E-state index < -0.39 is 33.2 Å². The molecule has 0 aliphatic rings. The first kappa shape index (κ1) is 15.0. The van der Waals surface area contributed by atoms with E-state index in [1.165, 1.54) is 6.07 Å². The molecule has 6 nitrogen and oxygen atoms in total. The van der Waals surface area contributed by atoms with Crippen molar-refractivity contribution in [1.82, 2.24) is 4.37 Å². The predicted octanol–water partition coefficient (Wildman–Crippen LogP) is 3.39. The quantitative estimate of drug-likeness (QED) is 0.533. The number of benzene rings is 1. The lowest BCUT2D eigenvalue weighted by atomic mass is 10.1. The molecule has 1 aromatic carbocycles. The first-order valence-electron chi connectivity index (χ1n) is 6.12. The Kier molecular flexibility index (Phi) is 4.27. The highest BCUT2D eigenvalue weighted by Crippen LogP contribution is 2.23. The summed E-state index contributed by atoms with van der Waals surface area (Å²) < 4.78 is 20.0. The van der Waals surface area contributed by atoms with Crippen molar-refractivity contribution >= 4 is 22.4 Å². The van der Waals surface area contributed by atoms with E-state index in [0.29, 0.717) is 5.92 Å². The summed E-state index contributed by atoms with van der Waals surface area (Å²) in [6.07, 6.45) is 1.70. The third-order valence-corrected chi connectivity index (χ3v) is 4.05. The summed E-state index contributed by atoms with van der Waals surface area (Å²) in [5, 5.41) is 12.5. The number of nitrogens with one attached hydrogen (secondary N) is 1. The molecule has 0 saturated heterocycles. The lowest BCUT2D eigenvalue weighted by molar-refractivity contribution is -0.387. The smallest absolute Gasteiger partial charge is 0.265 e. The van der Waals surface area contributed by atoms with E-state index in [4.69, 9.17) is 0 Å². The van der Waals surface area contributed by atoms with Crippen LogP contribution in [0.4, 0.5) is 10.1 Å². The van der Waals surface area contributed by atoms with Gasteiger partial charge in [0.25, 0.3) is 5.91 Å². The molecule has 1 N–H and O–H groups in total. The van der Waals surface area contributed by atoms with Gasteiger partial charge in [-0.2, -0.15) is 4.39 Å². The minimum Gasteiger partial charge on any atom is -0.265 e. The van der Waals surface area contributed by atoms with E-state index in [1.54, 1.807) is 6.20 Å². The second-order valence-corrected chi connectivity index (χ2v) is 5.96. The molecule has 2 rings (SSSR count). The van der Waals surface area contributed by atoms with Gasteiger partial charge in [-0.25, -0.2) is 0 Å². The number of nitro benzene ring substituents is 1. The number of rotatable bonds is 4. The summed E-state index contributed by atoms with van der Waals surface area (Å²) in [4.78, 5) is 21.8. The summed E-state index contributed by atoms with van der Waals surface area (Å²) >= 11 is 0. The van der Waals surface area contributed by atoms with Crippen molar-refractivity contribution in [2.75, 3.05) is 4.72 Å². The summed E-state index contributed by atoms with van der Waals surface area (Å²) in [6, 6.07) is 3.03. The van der Waals surface area contributed by atoms with Crippen molar-refractivity contribution in [2.45, 2.75) is 19.8 Å². The van der Waals surface area contributed by atoms with Gasteiger partial charge in [-0.1, -0.05) is 13.8 Å². The van der Waals surface area contributed by atoms with Gasteiger partial charge < -0.3 is 0 Å². The Morgan fingerprint density at radius 1 is 1.48 bits per heavy atom. The first-order valence-corrected chi connectivity index (χ1v) is 7.37. The molecule has 2 aromatic rings. The molecule has 1 unspecified atom stereocenters. The fraction of sp³-hybridized carbons (Fsp3) is 0.231. The Labute approximate surface area is 123 Å². The zero-order valence-electron chi connectivity index (χ0n) is 11.4. The molecule has 1 amide bonds. The standard InChI is InChI=1S/C13H12FN3O3S/c1-8(2)10-6-15-21(7-10)16-13(18)9-3-4-11(14)12(5-9)17(19)20/h3-8H,1-2H3/p+1. The molecule has 0 aliphatic carbocycles. The largest absolute Gasteiger partial charge is 0.305 e. The van der Waals surface area contributed by atoms with Gasteiger partial charge in [-0.3, -0.25) is 14.9 Å². The van der Waals surface area contributed by atoms with Crippen molar-refractivity contribution in [3.8, 4) is 0 Å². The molecular weight excluding hydrogens is 297 g/mol. The highest BCUT2D eigenvalue weighted by atomic mass is 32.2. The second-order valence-electron chi connectivity index (χ2n) is 4.68. The van der Waals surface area contributed by atoms with Crippen LogP contribution in [0.1, 0.15) is 35.7 Å². The van der Waals surface area contributed by atoms with Gasteiger partial charge in [0.05, 0.1) is 16.7 Å². The maximum absolute atomic E-state index is 13.2. The molecule has 1 atom stereocenters. The molecule has 0 saturated carbocycles. The van der Waals surface area contributed by atoms with Gasteiger partial charge in [-0.05, 0) is 22.4 Å². The van der Waals surface area contributed by atoms with E-state index in [2.05, 4.69) is 9.10 Å². The van der Waals surface area contributed by atoms with Crippen LogP contribution in [0, 0.1) is 15.9 Å². The normalized spacial score (nSPS) is 11.5. The number of nitro groups is 1. The average molecular weight is 310 g/mol. The molecule has 110 valence electrons. The van der Waals surface area contributed by atoms with E-state index >= 15 is 0 Å². The van der Waals surface area contributed by atoms with Crippen LogP contribution in [-0.4, -0.2) is 15.2 Å². The number of aromatic nitrogens is 1. The number of amides is 1. The van der Waals surface area contributed by atoms with Crippen LogP contribution in [0.5, 0.6) is 0 Å².